The number of anilines is 6. The number of fused-ring (bicyclic) bond motifs is 7. The molecule has 0 spiro atoms. The second-order valence-corrected chi connectivity index (χ2v) is 46.4. The summed E-state index contributed by atoms with van der Waals surface area (Å²) in [6.07, 6.45) is 0. The molecule has 0 N–H and O–H groups in total. The minimum Gasteiger partial charge on any atom is -0.310 e. The van der Waals surface area contributed by atoms with Crippen LogP contribution in [-0.2, 0) is 59.6 Å². The Hall–Kier alpha value is -10.7. The van der Waals surface area contributed by atoms with Crippen molar-refractivity contribution >= 4 is 79.0 Å². The molecule has 0 saturated heterocycles. The minimum absolute atomic E-state index is 0.00122. The topological polar surface area (TPSA) is 11.4 Å². The van der Waals surface area contributed by atoms with E-state index in [0.717, 1.165) is 22.3 Å². The summed E-state index contributed by atoms with van der Waals surface area (Å²) in [6.45, 7) is 61.4. The maximum absolute atomic E-state index is 11.9. The molecule has 0 bridgehead atoms. The summed E-state index contributed by atoms with van der Waals surface area (Å²) >= 11 is 0. The van der Waals surface area contributed by atoms with Gasteiger partial charge < -0.3 is 14.4 Å². The number of hydrogen-bond donors (Lipinski definition) is 0. The van der Waals surface area contributed by atoms with Gasteiger partial charge in [0.25, 0.3) is 6.71 Å². The molecule has 3 nitrogen and oxygen atoms in total. The van der Waals surface area contributed by atoms with Crippen LogP contribution in [0.4, 0.5) is 34.1 Å². The predicted octanol–water partition coefficient (Wildman–Crippen LogP) is 33.1. The zero-order valence-electron chi connectivity index (χ0n) is 107. The van der Waals surface area contributed by atoms with Crippen molar-refractivity contribution in [3.05, 3.63) is 309 Å². The zero-order valence-corrected chi connectivity index (χ0v) is 80.6. The largest absolute Gasteiger partial charge is 0.310 e. The van der Waals surface area contributed by atoms with Gasteiger partial charge in [-0.3, -0.25) is 0 Å². The van der Waals surface area contributed by atoms with Gasteiger partial charge in [0.15, 0.2) is 0 Å². The second kappa shape index (κ2) is 30.5. The van der Waals surface area contributed by atoms with E-state index in [2.05, 4.69) is 80.5 Å². The molecule has 126 heavy (non-hydrogen) atoms. The fourth-order valence-electron chi connectivity index (χ4n) is 16.9. The van der Waals surface area contributed by atoms with E-state index >= 15 is 0 Å². The molecule has 1 aromatic heterocycles. The molecule has 2 aliphatic heterocycles. The van der Waals surface area contributed by atoms with Gasteiger partial charge >= 0.3 is 0 Å². The lowest BCUT2D eigenvalue weighted by atomic mass is 9.33. The first-order chi connectivity index (χ1) is 69.3. The summed E-state index contributed by atoms with van der Waals surface area (Å²) in [5, 5.41) is -0.538. The molecule has 0 radical (unpaired) electrons. The lowest BCUT2D eigenvalue weighted by Crippen LogP contribution is -2.61. The van der Waals surface area contributed by atoms with Crippen LogP contribution in [0.5, 0.6) is 0 Å². The van der Waals surface area contributed by atoms with Gasteiger partial charge in [0.2, 0.25) is 0 Å². The summed E-state index contributed by atoms with van der Waals surface area (Å²) in [7, 11) is 0. The van der Waals surface area contributed by atoms with Crippen LogP contribution in [0.15, 0.2) is 248 Å². The fourth-order valence-corrected chi connectivity index (χ4v) is 16.9. The Balaban J connectivity index is 1.33. The molecule has 14 aromatic rings. The lowest BCUT2D eigenvalue weighted by molar-refractivity contribution is 0.568. The van der Waals surface area contributed by atoms with Crippen LogP contribution in [0.2, 0.25) is 0 Å². The van der Waals surface area contributed by atoms with E-state index in [1.54, 1.807) is 85.4 Å². The molecule has 16 rings (SSSR count). The molecule has 0 unspecified atom stereocenters. The third-order valence-corrected chi connectivity index (χ3v) is 24.6. The number of aromatic nitrogens is 1. The van der Waals surface area contributed by atoms with Crippen LogP contribution in [0.3, 0.4) is 0 Å². The Morgan fingerprint density at radius 2 is 0.603 bits per heavy atom. The van der Waals surface area contributed by atoms with Crippen LogP contribution < -0.4 is 26.2 Å². The third kappa shape index (κ3) is 16.5. The lowest BCUT2D eigenvalue weighted by Gasteiger charge is -2.46. The molecule has 13 aromatic carbocycles. The summed E-state index contributed by atoms with van der Waals surface area (Å²) in [5.41, 5.74) is -7.29. The van der Waals surface area contributed by atoms with Crippen LogP contribution in [-0.4, -0.2) is 11.3 Å². The smallest absolute Gasteiger partial charge is 0.252 e. The number of hydrogen-bond acceptors (Lipinski definition) is 2. The molecular formula is C122H140BN3. The van der Waals surface area contributed by atoms with Gasteiger partial charge in [0.1, 0.15) is 0 Å². The Bertz CT molecular complexity index is 8100. The maximum atomic E-state index is 11.9. The molecular weight excluding hydrogens is 1520 g/mol. The van der Waals surface area contributed by atoms with Gasteiger partial charge in [-0.1, -0.05) is 410 Å². The van der Waals surface area contributed by atoms with Crippen molar-refractivity contribution in [3.63, 3.8) is 0 Å². The van der Waals surface area contributed by atoms with E-state index in [9.17, 15) is 35.6 Å². The average Bonchev–Trinajstić information content (AvgIpc) is 1.10. The van der Waals surface area contributed by atoms with Crippen molar-refractivity contribution in [2.75, 3.05) is 9.80 Å². The average molecular weight is 1690 g/mol. The van der Waals surface area contributed by atoms with E-state index in [1.807, 2.05) is 163 Å². The van der Waals surface area contributed by atoms with Crippen molar-refractivity contribution in [2.24, 2.45) is 0 Å². The SMILES string of the molecule is [2H]c1c([2H])c(C(C)(C)C)c([2H])c([2H])c1-c1c([2H])c(C(C)(C)C)c([2H])c(-c2c([2H])c(C(C)(C)C)c([2H])c(C(C)(C)C)c2[2H])c1N1c2cc(-c3cc(C(C)(C)C)cc(C(C)(C)C)c3)ccc2B2c3ccc(-n4c5c([2H])c([2H])c([2H])c([2H])c5c5c([2H])c([2H])c([2H])c([2H])c54)cc3N(c3c(-c4c([2H])c([2H])c(C(C)(C)C)c([2H])c4[2H])c([2H])c(C(C)(C)C)c([2H])c3-c3c([2H])c([2H])c(C(C)(C)C)c([2H])c3C(C)(C)C)c3cc(-c4cccc(C(C)(C)C)c4)cc1c32. The molecule has 646 valence electrons. The Morgan fingerprint density at radius 3 is 1.05 bits per heavy atom. The summed E-state index contributed by atoms with van der Waals surface area (Å²) in [6, 6.07) is 15.8. The second-order valence-electron chi connectivity index (χ2n) is 46.4. The van der Waals surface area contributed by atoms with Gasteiger partial charge in [0.05, 0.1) is 58.0 Å². The quantitative estimate of drug-likeness (QED) is 0.133. The van der Waals surface area contributed by atoms with E-state index in [4.69, 9.17) is 0 Å². The molecule has 2 aliphatic rings. The standard InChI is InChI=1S/C122H140BN3/c1-112(2,3)82-50-45-75(46-51-82)96-69-90(120(25,26)27)71-98(81-62-88(118(19,20)21)68-89(63-81)119(22,23)24)110(96)125-105-64-78(79-60-86(116(13,14)15)67-87(61-79)117(16,17)18)49-57-101(105)123-102-58-55-92(124-103-43-36-34-41-94(103)95-42-35-37-44-104(95)124)74-106(102)126(108-66-80(65-107(125)109(108)123)77-39-38-40-84(59-77)114(7,8)9)111-97(76-47-52-83(53-48-76)113(4,5)6)70-91(121(28,29)30)72-99(111)93-56-54-85(115(10,11)12)73-100(93)122(31,32)33/h34-74H,1-33H3/i34D,35D,36D,37D,41D,42D,43D,44D,45D,46D,47D,48D,50D,51D,52D,53D,54D,56D,62D,63D,68D,69D,70D,71D,72D,73D. The van der Waals surface area contributed by atoms with Crippen LogP contribution in [0.25, 0.3) is 94.3 Å². The van der Waals surface area contributed by atoms with Crippen molar-refractivity contribution < 1.29 is 35.6 Å². The molecule has 4 heteroatoms. The molecule has 0 saturated carbocycles. The first-order valence-corrected chi connectivity index (χ1v) is 44.6. The molecule has 0 fully saturated rings. The van der Waals surface area contributed by atoms with Crippen molar-refractivity contribution in [2.45, 2.75) is 288 Å². The van der Waals surface area contributed by atoms with Gasteiger partial charge in [-0.2, -0.15) is 0 Å². The highest BCUT2D eigenvalue weighted by Crippen LogP contribution is 2.58. The van der Waals surface area contributed by atoms with Crippen molar-refractivity contribution in [3.8, 4) is 72.4 Å². The molecule has 0 aliphatic carbocycles. The summed E-state index contributed by atoms with van der Waals surface area (Å²) in [5.74, 6) is 0. The van der Waals surface area contributed by atoms with Gasteiger partial charge in [-0.15, -0.1) is 0 Å². The van der Waals surface area contributed by atoms with Gasteiger partial charge in [-0.05, 0) is 248 Å². The van der Waals surface area contributed by atoms with Crippen molar-refractivity contribution in [1.29, 1.82) is 0 Å². The van der Waals surface area contributed by atoms with Crippen LogP contribution in [0.1, 0.15) is 325 Å². The molecule has 0 amide bonds. The Morgan fingerprint density at radius 1 is 0.238 bits per heavy atom. The van der Waals surface area contributed by atoms with Crippen molar-refractivity contribution in [1.82, 2.24) is 4.57 Å². The molecule has 0 atom stereocenters. The monoisotopic (exact) mass is 1680 g/mol. The minimum atomic E-state index is -1.35. The molecule has 3 heterocycles. The highest BCUT2D eigenvalue weighted by atomic mass is 15.2. The number of benzene rings is 13. The van der Waals surface area contributed by atoms with E-state index in [1.165, 1.54) is 4.57 Å². The van der Waals surface area contributed by atoms with E-state index in [-0.39, 0.29) is 175 Å². The summed E-state index contributed by atoms with van der Waals surface area (Å²) < 4.78 is 279. The highest BCUT2D eigenvalue weighted by Gasteiger charge is 2.47. The first kappa shape index (κ1) is 61.7. The Labute approximate surface area is 795 Å². The number of rotatable bonds is 9. The highest BCUT2D eigenvalue weighted by molar-refractivity contribution is 7.00. The van der Waals surface area contributed by atoms with Gasteiger partial charge in [-0.25, -0.2) is 0 Å². The fraction of sp³-hybridized carbons (Fsp3) is 0.361. The summed E-state index contributed by atoms with van der Waals surface area (Å²) in [4.78, 5) is 3.60. The normalized spacial score (nSPS) is 16.8. The van der Waals surface area contributed by atoms with E-state index in [0.29, 0.717) is 27.6 Å². The predicted molar refractivity (Wildman–Crippen MR) is 553 cm³/mol. The number of para-hydroxylation sites is 2. The maximum Gasteiger partial charge on any atom is 0.252 e. The van der Waals surface area contributed by atoms with Crippen LogP contribution in [0, 0.1) is 0 Å². The van der Waals surface area contributed by atoms with Crippen LogP contribution >= 0.6 is 0 Å². The zero-order chi connectivity index (χ0) is 114. The van der Waals surface area contributed by atoms with E-state index < -0.39 is 204 Å². The third-order valence-electron chi connectivity index (χ3n) is 24.6. The number of nitrogens with zero attached hydrogens (tertiary/aromatic N) is 3. The first-order valence-electron chi connectivity index (χ1n) is 57.6. The Kier molecular flexibility index (Phi) is 14.9. The van der Waals surface area contributed by atoms with Gasteiger partial charge in [0, 0.05) is 61.5 Å².